The zero-order valence-corrected chi connectivity index (χ0v) is 21.0. The SMILES string of the molecule is CCCC[C@H]1CC[C@H](c2c(F)cc(C)c(Oc3ccccc3-c3ccc(OC(F)F)c(F)c3)c2F)CC1. The Balaban J connectivity index is 1.62. The lowest BCUT2D eigenvalue weighted by Crippen LogP contribution is -2.16. The molecule has 0 amide bonds. The van der Waals surface area contributed by atoms with Crippen molar-refractivity contribution in [3.05, 3.63) is 77.1 Å². The van der Waals surface area contributed by atoms with E-state index in [0.29, 0.717) is 22.6 Å². The van der Waals surface area contributed by atoms with E-state index >= 15 is 8.78 Å². The van der Waals surface area contributed by atoms with Crippen LogP contribution in [0.15, 0.2) is 48.5 Å². The van der Waals surface area contributed by atoms with Crippen LogP contribution in [0.1, 0.15) is 68.9 Å². The summed E-state index contributed by atoms with van der Waals surface area (Å²) in [5.74, 6) is -2.27. The summed E-state index contributed by atoms with van der Waals surface area (Å²) >= 11 is 0. The van der Waals surface area contributed by atoms with Crippen molar-refractivity contribution >= 4 is 0 Å². The second-order valence-electron chi connectivity index (χ2n) is 9.71. The normalized spacial score (nSPS) is 17.7. The van der Waals surface area contributed by atoms with Crippen molar-refractivity contribution in [3.8, 4) is 28.4 Å². The Labute approximate surface area is 214 Å². The third kappa shape index (κ3) is 6.25. The molecule has 0 N–H and O–H groups in total. The van der Waals surface area contributed by atoms with Crippen LogP contribution in [0.5, 0.6) is 17.2 Å². The van der Waals surface area contributed by atoms with Crippen LogP contribution in [-0.2, 0) is 0 Å². The molecule has 0 spiro atoms. The molecule has 7 heteroatoms. The molecule has 0 aliphatic heterocycles. The van der Waals surface area contributed by atoms with Crippen LogP contribution < -0.4 is 9.47 Å². The van der Waals surface area contributed by atoms with Gasteiger partial charge in [0, 0.05) is 11.1 Å². The Kier molecular flexibility index (Phi) is 8.72. The van der Waals surface area contributed by atoms with Gasteiger partial charge in [-0.15, -0.1) is 0 Å². The average molecular weight is 519 g/mol. The summed E-state index contributed by atoms with van der Waals surface area (Å²) < 4.78 is 80.4. The Morgan fingerprint density at radius 2 is 1.62 bits per heavy atom. The van der Waals surface area contributed by atoms with Gasteiger partial charge in [-0.3, -0.25) is 0 Å². The molecule has 1 saturated carbocycles. The van der Waals surface area contributed by atoms with E-state index < -0.39 is 29.8 Å². The van der Waals surface area contributed by atoms with Gasteiger partial charge in [-0.2, -0.15) is 8.78 Å². The summed E-state index contributed by atoms with van der Waals surface area (Å²) in [4.78, 5) is 0. The minimum atomic E-state index is -3.15. The van der Waals surface area contributed by atoms with Crippen molar-refractivity contribution in [2.24, 2.45) is 5.92 Å². The van der Waals surface area contributed by atoms with Crippen LogP contribution in [0.4, 0.5) is 22.0 Å². The molecule has 3 aromatic carbocycles. The van der Waals surface area contributed by atoms with E-state index in [2.05, 4.69) is 11.7 Å². The number of alkyl halides is 2. The molecular weight excluding hydrogens is 487 g/mol. The summed E-state index contributed by atoms with van der Waals surface area (Å²) in [7, 11) is 0. The lowest BCUT2D eigenvalue weighted by atomic mass is 9.76. The number of hydrogen-bond acceptors (Lipinski definition) is 2. The molecule has 1 aliphatic carbocycles. The summed E-state index contributed by atoms with van der Waals surface area (Å²) in [5.41, 5.74) is 1.12. The van der Waals surface area contributed by atoms with E-state index in [4.69, 9.17) is 4.74 Å². The maximum Gasteiger partial charge on any atom is 0.387 e. The summed E-state index contributed by atoms with van der Waals surface area (Å²) in [6.45, 7) is 0.586. The first-order valence-corrected chi connectivity index (χ1v) is 12.8. The number of ether oxygens (including phenoxy) is 2. The summed E-state index contributed by atoms with van der Waals surface area (Å²) in [5, 5.41) is 0. The van der Waals surface area contributed by atoms with Crippen LogP contribution in [0.25, 0.3) is 11.1 Å². The number of rotatable bonds is 9. The monoisotopic (exact) mass is 518 g/mol. The van der Waals surface area contributed by atoms with Gasteiger partial charge in [-0.25, -0.2) is 13.2 Å². The Morgan fingerprint density at radius 1 is 0.892 bits per heavy atom. The molecule has 0 saturated heterocycles. The topological polar surface area (TPSA) is 18.5 Å². The second kappa shape index (κ2) is 12.0. The van der Waals surface area contributed by atoms with Gasteiger partial charge in [0.1, 0.15) is 11.6 Å². The molecule has 0 radical (unpaired) electrons. The molecule has 1 aliphatic rings. The van der Waals surface area contributed by atoms with Crippen molar-refractivity contribution in [2.45, 2.75) is 71.3 Å². The molecule has 198 valence electrons. The molecule has 37 heavy (non-hydrogen) atoms. The second-order valence-corrected chi connectivity index (χ2v) is 9.71. The van der Waals surface area contributed by atoms with Gasteiger partial charge in [0.2, 0.25) is 0 Å². The molecule has 0 unspecified atom stereocenters. The van der Waals surface area contributed by atoms with Crippen LogP contribution in [0.3, 0.4) is 0 Å². The molecule has 1 fully saturated rings. The minimum Gasteiger partial charge on any atom is -0.453 e. The molecule has 0 atom stereocenters. The molecular formula is C30H31F5O2. The Morgan fingerprint density at radius 3 is 2.30 bits per heavy atom. The van der Waals surface area contributed by atoms with Gasteiger partial charge in [0.15, 0.2) is 23.1 Å². The van der Waals surface area contributed by atoms with Gasteiger partial charge in [0.05, 0.1) is 0 Å². The van der Waals surface area contributed by atoms with Crippen molar-refractivity contribution in [3.63, 3.8) is 0 Å². The smallest absolute Gasteiger partial charge is 0.387 e. The Bertz CT molecular complexity index is 1220. The van der Waals surface area contributed by atoms with E-state index in [1.54, 1.807) is 31.2 Å². The maximum absolute atomic E-state index is 15.8. The largest absolute Gasteiger partial charge is 0.453 e. The summed E-state index contributed by atoms with van der Waals surface area (Å²) in [6, 6.07) is 11.5. The average Bonchev–Trinajstić information content (AvgIpc) is 2.87. The van der Waals surface area contributed by atoms with Gasteiger partial charge in [-0.1, -0.05) is 50.5 Å². The maximum atomic E-state index is 15.8. The van der Waals surface area contributed by atoms with Crippen molar-refractivity contribution < 1.29 is 31.4 Å². The predicted molar refractivity (Wildman–Crippen MR) is 134 cm³/mol. The fourth-order valence-electron chi connectivity index (χ4n) is 5.23. The molecule has 0 aromatic heterocycles. The highest BCUT2D eigenvalue weighted by Gasteiger charge is 2.29. The lowest BCUT2D eigenvalue weighted by molar-refractivity contribution is -0.0521. The molecule has 2 nitrogen and oxygen atoms in total. The highest BCUT2D eigenvalue weighted by Crippen LogP contribution is 2.44. The first-order valence-electron chi connectivity index (χ1n) is 12.8. The highest BCUT2D eigenvalue weighted by atomic mass is 19.3. The number of halogens is 5. The first-order chi connectivity index (χ1) is 17.8. The molecule has 4 rings (SSSR count). The van der Waals surface area contributed by atoms with Gasteiger partial charge in [-0.05, 0) is 79.8 Å². The third-order valence-electron chi connectivity index (χ3n) is 7.17. The first kappa shape index (κ1) is 27.0. The van der Waals surface area contributed by atoms with E-state index in [1.165, 1.54) is 18.6 Å². The Hall–Kier alpha value is -3.09. The highest BCUT2D eigenvalue weighted by molar-refractivity contribution is 5.71. The fraction of sp³-hybridized carbons (Fsp3) is 0.400. The van der Waals surface area contributed by atoms with Crippen molar-refractivity contribution in [1.82, 2.24) is 0 Å². The summed E-state index contributed by atoms with van der Waals surface area (Å²) in [6.07, 6.45) is 6.83. The van der Waals surface area contributed by atoms with Crippen LogP contribution in [0, 0.1) is 30.3 Å². The van der Waals surface area contributed by atoms with Gasteiger partial charge < -0.3 is 9.47 Å². The number of unbranched alkanes of at least 4 members (excludes halogenated alkanes) is 1. The van der Waals surface area contributed by atoms with Crippen LogP contribution in [0.2, 0.25) is 0 Å². The van der Waals surface area contributed by atoms with Crippen LogP contribution in [-0.4, -0.2) is 6.61 Å². The number of para-hydroxylation sites is 1. The predicted octanol–water partition coefficient (Wildman–Crippen LogP) is 9.94. The van der Waals surface area contributed by atoms with Crippen molar-refractivity contribution in [2.75, 3.05) is 0 Å². The van der Waals surface area contributed by atoms with Crippen LogP contribution >= 0.6 is 0 Å². The van der Waals surface area contributed by atoms with Gasteiger partial charge >= 0.3 is 6.61 Å². The number of aryl methyl sites for hydroxylation is 1. The van der Waals surface area contributed by atoms with Gasteiger partial charge in [0.25, 0.3) is 0 Å². The fourth-order valence-corrected chi connectivity index (χ4v) is 5.23. The van der Waals surface area contributed by atoms with E-state index in [1.807, 2.05) is 0 Å². The number of hydrogen-bond donors (Lipinski definition) is 0. The quantitative estimate of drug-likeness (QED) is 0.263. The molecule has 0 bridgehead atoms. The van der Waals surface area contributed by atoms with E-state index in [9.17, 15) is 13.2 Å². The van der Waals surface area contributed by atoms with Crippen molar-refractivity contribution in [1.29, 1.82) is 0 Å². The third-order valence-corrected chi connectivity index (χ3v) is 7.17. The van der Waals surface area contributed by atoms with E-state index in [0.717, 1.165) is 50.7 Å². The molecule has 3 aromatic rings. The minimum absolute atomic E-state index is 0.0616. The number of benzene rings is 3. The zero-order chi connectivity index (χ0) is 26.5. The standard InChI is InChI=1S/C30H31F5O2/c1-3-4-7-19-10-12-20(13-11-19)27-24(32)16-18(2)29(28(27)33)36-25-9-6-5-8-22(25)21-14-15-26(23(31)17-21)37-30(34)35/h5-6,8-9,14-17,19-20,30H,3-4,7,10-13H2,1-2H3/t19-,20-. The molecule has 0 heterocycles. The van der Waals surface area contributed by atoms with E-state index in [-0.39, 0.29) is 23.0 Å². The lowest BCUT2D eigenvalue weighted by Gasteiger charge is -2.29. The zero-order valence-electron chi connectivity index (χ0n) is 21.0.